The number of nitrogens with one attached hydrogen (secondary N) is 1. The first-order valence-corrected chi connectivity index (χ1v) is 6.48. The number of benzene rings is 1. The van der Waals surface area contributed by atoms with Gasteiger partial charge in [0.15, 0.2) is 11.5 Å². The standard InChI is InChI=1S/C13H12N6O2/c1-8-4-12(19-13(15-8)16-17-18-19)14-6-9-2-3-10-11(5-9)21-7-20-10/h2-5,14H,6-7H2,1H3. The third-order valence-corrected chi connectivity index (χ3v) is 3.21. The summed E-state index contributed by atoms with van der Waals surface area (Å²) in [4.78, 5) is 4.25. The van der Waals surface area contributed by atoms with Crippen LogP contribution in [0.2, 0.25) is 0 Å². The van der Waals surface area contributed by atoms with Crippen LogP contribution in [0.25, 0.3) is 5.78 Å². The molecule has 106 valence electrons. The monoisotopic (exact) mass is 284 g/mol. The van der Waals surface area contributed by atoms with Gasteiger partial charge < -0.3 is 14.8 Å². The number of hydrogen-bond donors (Lipinski definition) is 1. The number of nitrogens with zero attached hydrogens (tertiary/aromatic N) is 5. The summed E-state index contributed by atoms with van der Waals surface area (Å²) < 4.78 is 12.2. The Morgan fingerprint density at radius 1 is 1.24 bits per heavy atom. The highest BCUT2D eigenvalue weighted by atomic mass is 16.7. The van der Waals surface area contributed by atoms with E-state index in [1.165, 1.54) is 0 Å². The van der Waals surface area contributed by atoms with Gasteiger partial charge in [0.1, 0.15) is 5.82 Å². The average molecular weight is 284 g/mol. The topological polar surface area (TPSA) is 86.5 Å². The van der Waals surface area contributed by atoms with Crippen molar-refractivity contribution >= 4 is 11.6 Å². The number of anilines is 1. The molecule has 4 rings (SSSR count). The summed E-state index contributed by atoms with van der Waals surface area (Å²) in [6.07, 6.45) is 0. The quantitative estimate of drug-likeness (QED) is 0.772. The molecule has 21 heavy (non-hydrogen) atoms. The minimum Gasteiger partial charge on any atom is -0.454 e. The average Bonchev–Trinajstić information content (AvgIpc) is 3.12. The lowest BCUT2D eigenvalue weighted by molar-refractivity contribution is 0.174. The number of aryl methyl sites for hydroxylation is 1. The molecule has 0 saturated heterocycles. The maximum absolute atomic E-state index is 5.37. The van der Waals surface area contributed by atoms with Crippen molar-refractivity contribution in [1.82, 2.24) is 25.0 Å². The van der Waals surface area contributed by atoms with Gasteiger partial charge in [0.2, 0.25) is 6.79 Å². The highest BCUT2D eigenvalue weighted by molar-refractivity contribution is 5.47. The van der Waals surface area contributed by atoms with Crippen molar-refractivity contribution in [1.29, 1.82) is 0 Å². The maximum atomic E-state index is 5.37. The van der Waals surface area contributed by atoms with Gasteiger partial charge in [-0.1, -0.05) is 11.2 Å². The van der Waals surface area contributed by atoms with Gasteiger partial charge in [-0.15, -0.1) is 0 Å². The van der Waals surface area contributed by atoms with Crippen LogP contribution >= 0.6 is 0 Å². The van der Waals surface area contributed by atoms with Crippen LogP contribution in [0.5, 0.6) is 11.5 Å². The molecule has 0 spiro atoms. The number of rotatable bonds is 3. The van der Waals surface area contributed by atoms with Gasteiger partial charge in [0.25, 0.3) is 5.78 Å². The molecule has 0 saturated carbocycles. The molecule has 0 amide bonds. The fraction of sp³-hybridized carbons (Fsp3) is 0.231. The van der Waals surface area contributed by atoms with Crippen molar-refractivity contribution in [3.63, 3.8) is 0 Å². The van der Waals surface area contributed by atoms with E-state index in [1.807, 2.05) is 31.2 Å². The summed E-state index contributed by atoms with van der Waals surface area (Å²) in [6.45, 7) is 2.80. The first-order valence-electron chi connectivity index (χ1n) is 6.48. The number of hydrogen-bond acceptors (Lipinski definition) is 7. The van der Waals surface area contributed by atoms with Gasteiger partial charge in [0, 0.05) is 18.3 Å². The van der Waals surface area contributed by atoms with Crippen LogP contribution < -0.4 is 14.8 Å². The van der Waals surface area contributed by atoms with E-state index in [2.05, 4.69) is 25.8 Å². The molecule has 8 heteroatoms. The SMILES string of the molecule is Cc1cc(NCc2ccc3c(c2)OCO3)n2nnnc2n1. The number of aromatic nitrogens is 5. The highest BCUT2D eigenvalue weighted by Gasteiger charge is 2.13. The zero-order valence-electron chi connectivity index (χ0n) is 11.3. The van der Waals surface area contributed by atoms with Gasteiger partial charge in [-0.25, -0.2) is 4.98 Å². The third-order valence-electron chi connectivity index (χ3n) is 3.21. The minimum atomic E-state index is 0.279. The Morgan fingerprint density at radius 2 is 2.14 bits per heavy atom. The van der Waals surface area contributed by atoms with E-state index in [0.29, 0.717) is 12.3 Å². The number of tetrazole rings is 1. The van der Waals surface area contributed by atoms with Gasteiger partial charge in [-0.05, 0) is 35.0 Å². The second-order valence-electron chi connectivity index (χ2n) is 4.71. The highest BCUT2D eigenvalue weighted by Crippen LogP contribution is 2.32. The molecule has 1 aromatic carbocycles. The van der Waals surface area contributed by atoms with Crippen molar-refractivity contribution in [2.45, 2.75) is 13.5 Å². The maximum Gasteiger partial charge on any atom is 0.275 e. The van der Waals surface area contributed by atoms with Crippen LogP contribution in [-0.4, -0.2) is 31.8 Å². The molecular weight excluding hydrogens is 272 g/mol. The summed E-state index contributed by atoms with van der Waals surface area (Å²) in [5.74, 6) is 2.82. The predicted octanol–water partition coefficient (Wildman–Crippen LogP) is 1.17. The molecule has 0 unspecified atom stereocenters. The molecule has 0 aliphatic carbocycles. The summed E-state index contributed by atoms with van der Waals surface area (Å²) in [5.41, 5.74) is 1.93. The molecule has 2 aromatic heterocycles. The first kappa shape index (κ1) is 11.9. The molecular formula is C13H12N6O2. The lowest BCUT2D eigenvalue weighted by Crippen LogP contribution is -2.07. The minimum absolute atomic E-state index is 0.279. The Hall–Kier alpha value is -2.90. The lowest BCUT2D eigenvalue weighted by Gasteiger charge is -2.08. The van der Waals surface area contributed by atoms with E-state index in [1.54, 1.807) is 4.52 Å². The summed E-state index contributed by atoms with van der Waals surface area (Å²) >= 11 is 0. The van der Waals surface area contributed by atoms with Gasteiger partial charge >= 0.3 is 0 Å². The molecule has 1 aliphatic heterocycles. The second-order valence-corrected chi connectivity index (χ2v) is 4.71. The molecule has 8 nitrogen and oxygen atoms in total. The van der Waals surface area contributed by atoms with Crippen molar-refractivity contribution in [2.24, 2.45) is 0 Å². The van der Waals surface area contributed by atoms with Gasteiger partial charge in [0.05, 0.1) is 0 Å². The number of fused-ring (bicyclic) bond motifs is 2. The van der Waals surface area contributed by atoms with E-state index < -0.39 is 0 Å². The predicted molar refractivity (Wildman–Crippen MR) is 73.2 cm³/mol. The summed E-state index contributed by atoms with van der Waals surface area (Å²) in [5, 5.41) is 14.7. The Balaban J connectivity index is 1.59. The molecule has 0 atom stereocenters. The van der Waals surface area contributed by atoms with Gasteiger partial charge in [-0.2, -0.15) is 4.52 Å². The van der Waals surface area contributed by atoms with Crippen LogP contribution in [0, 0.1) is 6.92 Å². The Kier molecular flexibility index (Phi) is 2.59. The lowest BCUT2D eigenvalue weighted by atomic mass is 10.2. The molecule has 3 aromatic rings. The van der Waals surface area contributed by atoms with E-state index in [9.17, 15) is 0 Å². The molecule has 3 heterocycles. The van der Waals surface area contributed by atoms with Crippen LogP contribution in [-0.2, 0) is 6.54 Å². The fourth-order valence-electron chi connectivity index (χ4n) is 2.23. The number of ether oxygens (including phenoxy) is 2. The van der Waals surface area contributed by atoms with Gasteiger partial charge in [-0.3, -0.25) is 0 Å². The fourth-order valence-corrected chi connectivity index (χ4v) is 2.23. The van der Waals surface area contributed by atoms with E-state index >= 15 is 0 Å². The Morgan fingerprint density at radius 3 is 3.10 bits per heavy atom. The summed E-state index contributed by atoms with van der Waals surface area (Å²) in [7, 11) is 0. The normalized spacial score (nSPS) is 12.8. The van der Waals surface area contributed by atoms with E-state index in [4.69, 9.17) is 9.47 Å². The molecule has 0 bridgehead atoms. The molecule has 1 aliphatic rings. The molecule has 0 fully saturated rings. The Labute approximate surface area is 119 Å². The first-order chi connectivity index (χ1) is 10.3. The summed E-state index contributed by atoms with van der Waals surface area (Å²) in [6, 6.07) is 7.76. The zero-order chi connectivity index (χ0) is 14.2. The van der Waals surface area contributed by atoms with Crippen molar-refractivity contribution in [3.8, 4) is 11.5 Å². The third kappa shape index (κ3) is 2.10. The van der Waals surface area contributed by atoms with Crippen molar-refractivity contribution in [2.75, 3.05) is 12.1 Å². The smallest absolute Gasteiger partial charge is 0.275 e. The van der Waals surface area contributed by atoms with E-state index in [0.717, 1.165) is 28.6 Å². The van der Waals surface area contributed by atoms with Crippen LogP contribution in [0.1, 0.15) is 11.3 Å². The largest absolute Gasteiger partial charge is 0.454 e. The van der Waals surface area contributed by atoms with Crippen LogP contribution in [0.4, 0.5) is 5.82 Å². The van der Waals surface area contributed by atoms with Crippen molar-refractivity contribution < 1.29 is 9.47 Å². The van der Waals surface area contributed by atoms with E-state index in [-0.39, 0.29) is 6.79 Å². The Bertz CT molecular complexity index is 816. The van der Waals surface area contributed by atoms with Crippen LogP contribution in [0.15, 0.2) is 24.3 Å². The molecule has 1 N–H and O–H groups in total. The van der Waals surface area contributed by atoms with Crippen molar-refractivity contribution in [3.05, 3.63) is 35.5 Å². The molecule has 0 radical (unpaired) electrons. The van der Waals surface area contributed by atoms with Crippen LogP contribution in [0.3, 0.4) is 0 Å². The second kappa shape index (κ2) is 4.58. The zero-order valence-corrected chi connectivity index (χ0v) is 11.3.